The smallest absolute Gasteiger partial charge is 0.245 e. The lowest BCUT2D eigenvalue weighted by atomic mass is 10.1. The van der Waals surface area contributed by atoms with Crippen LogP contribution < -0.4 is 5.32 Å². The standard InChI is InChI=1S/C19H21BrN6O/c1-25-18-15(16(20)24-25)17(21-12-22-18)23-14-9-11-26(19(14)27)10-5-8-13-6-3-2-4-7-13/h2-4,6-7,12,14H,5,8-11H2,1H3,(H,21,22,23). The number of anilines is 1. The Balaban J connectivity index is 1.39. The van der Waals surface area contributed by atoms with Gasteiger partial charge in [-0.3, -0.25) is 4.79 Å². The zero-order chi connectivity index (χ0) is 18.8. The molecule has 1 aromatic carbocycles. The zero-order valence-electron chi connectivity index (χ0n) is 15.1. The summed E-state index contributed by atoms with van der Waals surface area (Å²) in [5.41, 5.74) is 2.04. The number of fused-ring (bicyclic) bond motifs is 1. The average molecular weight is 429 g/mol. The Bertz CT molecular complexity index is 957. The Morgan fingerprint density at radius 1 is 1.26 bits per heavy atom. The lowest BCUT2D eigenvalue weighted by Crippen LogP contribution is -2.34. The topological polar surface area (TPSA) is 75.9 Å². The fraction of sp³-hybridized carbons (Fsp3) is 0.368. The third kappa shape index (κ3) is 3.66. The Morgan fingerprint density at radius 3 is 2.89 bits per heavy atom. The molecular weight excluding hydrogens is 408 g/mol. The second-order valence-corrected chi connectivity index (χ2v) is 7.49. The average Bonchev–Trinajstić information content (AvgIpc) is 3.17. The summed E-state index contributed by atoms with van der Waals surface area (Å²) in [6.45, 7) is 1.55. The van der Waals surface area contributed by atoms with Gasteiger partial charge in [0, 0.05) is 20.1 Å². The SMILES string of the molecule is Cn1nc(Br)c2c(NC3CCN(CCCc4ccccc4)C3=O)ncnc21. The summed E-state index contributed by atoms with van der Waals surface area (Å²) in [5, 5.41) is 8.43. The minimum Gasteiger partial charge on any atom is -0.358 e. The Hall–Kier alpha value is -2.48. The molecule has 0 spiro atoms. The molecule has 1 unspecified atom stereocenters. The number of amides is 1. The number of halogens is 1. The number of rotatable bonds is 6. The van der Waals surface area contributed by atoms with Crippen LogP contribution in [0.4, 0.5) is 5.82 Å². The third-order valence-corrected chi connectivity index (χ3v) is 5.48. The molecule has 0 saturated carbocycles. The summed E-state index contributed by atoms with van der Waals surface area (Å²) in [6, 6.07) is 10.1. The van der Waals surface area contributed by atoms with E-state index >= 15 is 0 Å². The van der Waals surface area contributed by atoms with Gasteiger partial charge in [0.25, 0.3) is 0 Å². The van der Waals surface area contributed by atoms with Crippen LogP contribution in [0.15, 0.2) is 41.3 Å². The quantitative estimate of drug-likeness (QED) is 0.652. The van der Waals surface area contributed by atoms with Gasteiger partial charge in [-0.1, -0.05) is 30.3 Å². The lowest BCUT2D eigenvalue weighted by Gasteiger charge is -2.17. The molecule has 0 aliphatic carbocycles. The Labute approximate surface area is 165 Å². The van der Waals surface area contributed by atoms with E-state index < -0.39 is 0 Å². The van der Waals surface area contributed by atoms with Crippen LogP contribution in [0.25, 0.3) is 11.0 Å². The predicted octanol–water partition coefficient (Wildman–Crippen LogP) is 2.77. The van der Waals surface area contributed by atoms with E-state index in [1.54, 1.807) is 4.68 Å². The number of carbonyl (C=O) groups excluding carboxylic acids is 1. The van der Waals surface area contributed by atoms with Gasteiger partial charge >= 0.3 is 0 Å². The van der Waals surface area contributed by atoms with Crippen molar-refractivity contribution in [2.75, 3.05) is 18.4 Å². The molecule has 0 radical (unpaired) electrons. The highest BCUT2D eigenvalue weighted by Gasteiger charge is 2.32. The van der Waals surface area contributed by atoms with Crippen molar-refractivity contribution in [3.8, 4) is 0 Å². The van der Waals surface area contributed by atoms with Gasteiger partial charge in [0.15, 0.2) is 5.65 Å². The maximum atomic E-state index is 12.8. The molecule has 1 aliphatic rings. The molecule has 27 heavy (non-hydrogen) atoms. The number of aryl methyl sites for hydroxylation is 2. The first-order valence-corrected chi connectivity index (χ1v) is 9.85. The van der Waals surface area contributed by atoms with E-state index in [4.69, 9.17) is 0 Å². The molecule has 1 atom stereocenters. The fourth-order valence-electron chi connectivity index (χ4n) is 3.53. The molecule has 7 nitrogen and oxygen atoms in total. The van der Waals surface area contributed by atoms with Crippen molar-refractivity contribution in [2.45, 2.75) is 25.3 Å². The summed E-state index contributed by atoms with van der Waals surface area (Å²) in [7, 11) is 1.83. The van der Waals surface area contributed by atoms with E-state index in [1.165, 1.54) is 11.9 Å². The minimum atomic E-state index is -0.257. The minimum absolute atomic E-state index is 0.134. The number of benzene rings is 1. The van der Waals surface area contributed by atoms with Crippen LogP contribution in [0, 0.1) is 0 Å². The number of nitrogens with zero attached hydrogens (tertiary/aromatic N) is 5. The molecule has 1 N–H and O–H groups in total. The van der Waals surface area contributed by atoms with Gasteiger partial charge in [-0.15, -0.1) is 0 Å². The summed E-state index contributed by atoms with van der Waals surface area (Å²) >= 11 is 3.45. The molecule has 3 heterocycles. The van der Waals surface area contributed by atoms with E-state index in [-0.39, 0.29) is 11.9 Å². The molecular formula is C19H21BrN6O. The van der Waals surface area contributed by atoms with Crippen molar-refractivity contribution in [2.24, 2.45) is 7.05 Å². The number of likely N-dealkylation sites (tertiary alicyclic amines) is 1. The summed E-state index contributed by atoms with van der Waals surface area (Å²) < 4.78 is 2.37. The van der Waals surface area contributed by atoms with Crippen molar-refractivity contribution >= 4 is 38.7 Å². The van der Waals surface area contributed by atoms with E-state index in [1.807, 2.05) is 18.0 Å². The number of hydrogen-bond acceptors (Lipinski definition) is 5. The number of nitrogens with one attached hydrogen (secondary N) is 1. The molecule has 2 aromatic heterocycles. The van der Waals surface area contributed by atoms with Crippen LogP contribution in [0.5, 0.6) is 0 Å². The monoisotopic (exact) mass is 428 g/mol. The third-order valence-electron chi connectivity index (χ3n) is 4.92. The van der Waals surface area contributed by atoms with Crippen LogP contribution >= 0.6 is 15.9 Å². The molecule has 1 amide bonds. The Kier molecular flexibility index (Phi) is 5.07. The van der Waals surface area contributed by atoms with Crippen LogP contribution in [0.1, 0.15) is 18.4 Å². The molecule has 140 valence electrons. The van der Waals surface area contributed by atoms with E-state index in [9.17, 15) is 4.79 Å². The maximum absolute atomic E-state index is 12.8. The largest absolute Gasteiger partial charge is 0.358 e. The molecule has 1 saturated heterocycles. The van der Waals surface area contributed by atoms with Crippen molar-refractivity contribution in [3.05, 3.63) is 46.8 Å². The molecule has 4 rings (SSSR count). The maximum Gasteiger partial charge on any atom is 0.245 e. The van der Waals surface area contributed by atoms with E-state index in [2.05, 4.69) is 60.6 Å². The van der Waals surface area contributed by atoms with Crippen molar-refractivity contribution in [1.29, 1.82) is 0 Å². The molecule has 1 aliphatic heterocycles. The highest BCUT2D eigenvalue weighted by Crippen LogP contribution is 2.28. The van der Waals surface area contributed by atoms with Gasteiger partial charge < -0.3 is 10.2 Å². The lowest BCUT2D eigenvalue weighted by molar-refractivity contribution is -0.128. The predicted molar refractivity (Wildman–Crippen MR) is 107 cm³/mol. The second-order valence-electron chi connectivity index (χ2n) is 6.74. The normalized spacial score (nSPS) is 17.0. The number of aromatic nitrogens is 4. The van der Waals surface area contributed by atoms with Crippen molar-refractivity contribution < 1.29 is 4.79 Å². The molecule has 1 fully saturated rings. The van der Waals surface area contributed by atoms with Crippen LogP contribution in [-0.4, -0.2) is 49.7 Å². The van der Waals surface area contributed by atoms with Gasteiger partial charge in [0.05, 0.1) is 5.39 Å². The highest BCUT2D eigenvalue weighted by molar-refractivity contribution is 9.10. The highest BCUT2D eigenvalue weighted by atomic mass is 79.9. The van der Waals surface area contributed by atoms with Crippen LogP contribution in [0.2, 0.25) is 0 Å². The zero-order valence-corrected chi connectivity index (χ0v) is 16.7. The summed E-state index contributed by atoms with van der Waals surface area (Å²) in [4.78, 5) is 23.3. The van der Waals surface area contributed by atoms with Gasteiger partial charge in [-0.25, -0.2) is 14.6 Å². The second kappa shape index (κ2) is 7.64. The Morgan fingerprint density at radius 2 is 2.07 bits per heavy atom. The van der Waals surface area contributed by atoms with Gasteiger partial charge in [0.1, 0.15) is 22.8 Å². The van der Waals surface area contributed by atoms with Crippen LogP contribution in [0.3, 0.4) is 0 Å². The van der Waals surface area contributed by atoms with E-state index in [0.29, 0.717) is 10.4 Å². The summed E-state index contributed by atoms with van der Waals surface area (Å²) in [5.74, 6) is 0.777. The summed E-state index contributed by atoms with van der Waals surface area (Å²) in [6.07, 6.45) is 4.22. The molecule has 3 aromatic rings. The molecule has 0 bridgehead atoms. The van der Waals surface area contributed by atoms with E-state index in [0.717, 1.165) is 43.4 Å². The number of hydrogen-bond donors (Lipinski definition) is 1. The molecule has 8 heteroatoms. The number of carbonyl (C=O) groups is 1. The fourth-order valence-corrected chi connectivity index (χ4v) is 4.13. The van der Waals surface area contributed by atoms with Crippen molar-refractivity contribution in [3.63, 3.8) is 0 Å². The van der Waals surface area contributed by atoms with Gasteiger partial charge in [0.2, 0.25) is 5.91 Å². The first-order chi connectivity index (χ1) is 13.1. The van der Waals surface area contributed by atoms with Crippen LogP contribution in [-0.2, 0) is 18.3 Å². The van der Waals surface area contributed by atoms with Crippen molar-refractivity contribution in [1.82, 2.24) is 24.6 Å². The first kappa shape index (κ1) is 17.9. The first-order valence-electron chi connectivity index (χ1n) is 9.06. The van der Waals surface area contributed by atoms with Gasteiger partial charge in [-0.2, -0.15) is 5.10 Å². The van der Waals surface area contributed by atoms with Gasteiger partial charge in [-0.05, 0) is 40.8 Å².